The number of rotatable bonds is 13. The summed E-state index contributed by atoms with van der Waals surface area (Å²) in [5.41, 5.74) is 1.77. The van der Waals surface area contributed by atoms with Crippen LogP contribution in [0.3, 0.4) is 0 Å². The number of carbonyl (C=O) groups is 2. The second-order valence-corrected chi connectivity index (χ2v) is 12.5. The third-order valence-corrected chi connectivity index (χ3v) is 8.58. The molecule has 41 heavy (non-hydrogen) atoms. The van der Waals surface area contributed by atoms with Crippen molar-refractivity contribution in [2.45, 2.75) is 51.6 Å². The Hall–Kier alpha value is -3.56. The maximum Gasteiger partial charge on any atom is 0.264 e. The number of ether oxygens (including phenoxy) is 1. The van der Waals surface area contributed by atoms with Gasteiger partial charge in [-0.05, 0) is 66.8 Å². The zero-order valence-corrected chi connectivity index (χ0v) is 25.7. The van der Waals surface area contributed by atoms with Crippen molar-refractivity contribution in [2.75, 3.05) is 24.5 Å². The fraction of sp³-hybridized carbons (Fsp3) is 0.355. The van der Waals surface area contributed by atoms with Crippen LogP contribution in [0, 0.1) is 12.8 Å². The number of benzene rings is 3. The van der Waals surface area contributed by atoms with E-state index in [1.54, 1.807) is 60.7 Å². The number of nitrogens with one attached hydrogen (secondary N) is 1. The molecule has 0 aromatic heterocycles. The molecule has 1 atom stereocenters. The standard InChI is InChI=1S/C31H38ClN3O5S/c1-6-27(31(37)33-19-22(2)3)34(20-24-13-15-25(32)16-14-24)30(36)21-35(28-18-23(4)12-17-29(28)40-5)41(38,39)26-10-8-7-9-11-26/h7-18,22,27H,6,19-21H2,1-5H3,(H,33,37). The molecule has 10 heteroatoms. The number of hydrogen-bond donors (Lipinski definition) is 1. The number of aryl methyl sites for hydroxylation is 1. The minimum Gasteiger partial charge on any atom is -0.495 e. The zero-order chi connectivity index (χ0) is 30.2. The van der Waals surface area contributed by atoms with E-state index in [-0.39, 0.29) is 29.0 Å². The number of amides is 2. The van der Waals surface area contributed by atoms with Crippen LogP contribution in [-0.4, -0.2) is 51.4 Å². The van der Waals surface area contributed by atoms with Crippen molar-refractivity contribution in [3.8, 4) is 5.75 Å². The van der Waals surface area contributed by atoms with Gasteiger partial charge in [-0.15, -0.1) is 0 Å². The first-order valence-electron chi connectivity index (χ1n) is 13.5. The first-order valence-corrected chi connectivity index (χ1v) is 15.3. The van der Waals surface area contributed by atoms with Gasteiger partial charge in [0.2, 0.25) is 11.8 Å². The third-order valence-electron chi connectivity index (χ3n) is 6.55. The van der Waals surface area contributed by atoms with Crippen molar-refractivity contribution in [2.24, 2.45) is 5.92 Å². The molecule has 0 saturated carbocycles. The summed E-state index contributed by atoms with van der Waals surface area (Å²) in [4.78, 5) is 29.0. The van der Waals surface area contributed by atoms with Crippen molar-refractivity contribution in [1.29, 1.82) is 0 Å². The van der Waals surface area contributed by atoms with E-state index in [2.05, 4.69) is 5.32 Å². The largest absolute Gasteiger partial charge is 0.495 e. The van der Waals surface area contributed by atoms with Gasteiger partial charge >= 0.3 is 0 Å². The molecule has 0 bridgehead atoms. The van der Waals surface area contributed by atoms with E-state index in [0.29, 0.717) is 23.7 Å². The van der Waals surface area contributed by atoms with Gasteiger partial charge in [-0.1, -0.05) is 68.8 Å². The summed E-state index contributed by atoms with van der Waals surface area (Å²) in [5.74, 6) is -0.310. The van der Waals surface area contributed by atoms with Gasteiger partial charge in [0.25, 0.3) is 10.0 Å². The van der Waals surface area contributed by atoms with E-state index in [4.69, 9.17) is 16.3 Å². The van der Waals surface area contributed by atoms with Crippen molar-refractivity contribution in [1.82, 2.24) is 10.2 Å². The molecule has 0 heterocycles. The average Bonchev–Trinajstić information content (AvgIpc) is 2.95. The molecule has 8 nitrogen and oxygen atoms in total. The number of sulfonamides is 1. The molecule has 1 unspecified atom stereocenters. The summed E-state index contributed by atoms with van der Waals surface area (Å²) >= 11 is 6.08. The van der Waals surface area contributed by atoms with Crippen LogP contribution in [0.15, 0.2) is 77.7 Å². The molecule has 0 aliphatic carbocycles. The fourth-order valence-electron chi connectivity index (χ4n) is 4.36. The van der Waals surface area contributed by atoms with Gasteiger partial charge in [-0.2, -0.15) is 0 Å². The van der Waals surface area contributed by atoms with Crippen LogP contribution < -0.4 is 14.4 Å². The minimum absolute atomic E-state index is 0.0299. The highest BCUT2D eigenvalue weighted by Gasteiger charge is 2.34. The average molecular weight is 600 g/mol. The molecule has 3 aromatic rings. The predicted octanol–water partition coefficient (Wildman–Crippen LogP) is 5.43. The van der Waals surface area contributed by atoms with Gasteiger partial charge in [-0.25, -0.2) is 8.42 Å². The van der Waals surface area contributed by atoms with Crippen LogP contribution in [0.25, 0.3) is 0 Å². The molecule has 0 saturated heterocycles. The Morgan fingerprint density at radius 1 is 1.00 bits per heavy atom. The predicted molar refractivity (Wildman–Crippen MR) is 163 cm³/mol. The van der Waals surface area contributed by atoms with Crippen molar-refractivity contribution >= 4 is 39.1 Å². The van der Waals surface area contributed by atoms with Crippen molar-refractivity contribution in [3.63, 3.8) is 0 Å². The fourth-order valence-corrected chi connectivity index (χ4v) is 5.92. The Balaban J connectivity index is 2.10. The van der Waals surface area contributed by atoms with E-state index in [1.807, 2.05) is 27.7 Å². The second-order valence-electron chi connectivity index (χ2n) is 10.2. The lowest BCUT2D eigenvalue weighted by atomic mass is 10.1. The molecule has 2 amide bonds. The Morgan fingerprint density at radius 3 is 2.24 bits per heavy atom. The van der Waals surface area contributed by atoms with E-state index < -0.39 is 28.5 Å². The number of anilines is 1. The van der Waals surface area contributed by atoms with Gasteiger partial charge in [0.15, 0.2) is 0 Å². The third kappa shape index (κ3) is 8.24. The normalized spacial score (nSPS) is 12.1. The van der Waals surface area contributed by atoms with E-state index in [0.717, 1.165) is 15.4 Å². The molecule has 0 aliphatic heterocycles. The SMILES string of the molecule is CCC(C(=O)NCC(C)C)N(Cc1ccc(Cl)cc1)C(=O)CN(c1cc(C)ccc1OC)S(=O)(=O)c1ccccc1. The first kappa shape index (κ1) is 32.0. The van der Waals surface area contributed by atoms with Gasteiger partial charge in [0.1, 0.15) is 18.3 Å². The summed E-state index contributed by atoms with van der Waals surface area (Å²) in [6.07, 6.45) is 0.336. The lowest BCUT2D eigenvalue weighted by Gasteiger charge is -2.33. The Morgan fingerprint density at radius 2 is 1.66 bits per heavy atom. The monoisotopic (exact) mass is 599 g/mol. The number of halogens is 1. The van der Waals surface area contributed by atoms with E-state index >= 15 is 0 Å². The maximum absolute atomic E-state index is 14.2. The lowest BCUT2D eigenvalue weighted by Crippen LogP contribution is -2.52. The molecular weight excluding hydrogens is 562 g/mol. The molecule has 220 valence electrons. The summed E-state index contributed by atoms with van der Waals surface area (Å²) in [7, 11) is -2.75. The van der Waals surface area contributed by atoms with Gasteiger partial charge in [0.05, 0.1) is 17.7 Å². The van der Waals surface area contributed by atoms with Crippen LogP contribution in [-0.2, 0) is 26.2 Å². The highest BCUT2D eigenvalue weighted by molar-refractivity contribution is 7.92. The Bertz CT molecular complexity index is 1430. The summed E-state index contributed by atoms with van der Waals surface area (Å²) in [5, 5.41) is 3.47. The molecular formula is C31H38ClN3O5S. The van der Waals surface area contributed by atoms with Crippen LogP contribution in [0.1, 0.15) is 38.3 Å². The van der Waals surface area contributed by atoms with Crippen molar-refractivity contribution < 1.29 is 22.7 Å². The minimum atomic E-state index is -4.20. The van der Waals surface area contributed by atoms with Crippen molar-refractivity contribution in [3.05, 3.63) is 88.9 Å². The van der Waals surface area contributed by atoms with Gasteiger partial charge in [0, 0.05) is 18.1 Å². The second kappa shape index (κ2) is 14.4. The van der Waals surface area contributed by atoms with Crippen LogP contribution in [0.5, 0.6) is 5.75 Å². The van der Waals surface area contributed by atoms with Gasteiger partial charge < -0.3 is 15.0 Å². The zero-order valence-electron chi connectivity index (χ0n) is 24.1. The van der Waals surface area contributed by atoms with Crippen LogP contribution >= 0.6 is 11.6 Å². The molecule has 1 N–H and O–H groups in total. The molecule has 3 rings (SSSR count). The topological polar surface area (TPSA) is 96.0 Å². The van der Waals surface area contributed by atoms with E-state index in [9.17, 15) is 18.0 Å². The highest BCUT2D eigenvalue weighted by Crippen LogP contribution is 2.33. The van der Waals surface area contributed by atoms with Crippen LogP contribution in [0.2, 0.25) is 5.02 Å². The number of carbonyl (C=O) groups excluding carboxylic acids is 2. The summed E-state index contributed by atoms with van der Waals surface area (Å²) < 4.78 is 34.6. The first-order chi connectivity index (χ1) is 19.5. The summed E-state index contributed by atoms with van der Waals surface area (Å²) in [6.45, 7) is 7.62. The summed E-state index contributed by atoms with van der Waals surface area (Å²) in [6, 6.07) is 19.2. The Kier molecular flexibility index (Phi) is 11.2. The molecule has 0 spiro atoms. The number of methoxy groups -OCH3 is 1. The molecule has 0 aliphatic rings. The molecule has 0 radical (unpaired) electrons. The highest BCUT2D eigenvalue weighted by atomic mass is 35.5. The number of nitrogens with zero attached hydrogens (tertiary/aromatic N) is 2. The Labute approximate surface area is 248 Å². The smallest absolute Gasteiger partial charge is 0.264 e. The van der Waals surface area contributed by atoms with E-state index in [1.165, 1.54) is 24.1 Å². The maximum atomic E-state index is 14.2. The van der Waals surface area contributed by atoms with Gasteiger partial charge in [-0.3, -0.25) is 13.9 Å². The number of hydrogen-bond acceptors (Lipinski definition) is 5. The van der Waals surface area contributed by atoms with Crippen LogP contribution in [0.4, 0.5) is 5.69 Å². The lowest BCUT2D eigenvalue weighted by molar-refractivity contribution is -0.140. The quantitative estimate of drug-likeness (QED) is 0.283. The molecule has 0 fully saturated rings. The molecule has 3 aromatic carbocycles.